The summed E-state index contributed by atoms with van der Waals surface area (Å²) in [6.07, 6.45) is 3.96. The summed E-state index contributed by atoms with van der Waals surface area (Å²) in [5, 5.41) is 16.5. The zero-order valence-corrected chi connectivity index (χ0v) is 20.9. The quantitative estimate of drug-likeness (QED) is 0.297. The number of pyridine rings is 1. The minimum absolute atomic E-state index is 0.0140. The molecule has 3 heterocycles. The Morgan fingerprint density at radius 1 is 1.11 bits per heavy atom. The average Bonchev–Trinajstić information content (AvgIpc) is 3.64. The standard InChI is InChI=1S/C26H30F2N6OS/c1-15(16-4-6-20(27)7-5-16)30-24-19(14-29-26(35)18-8-10-36-11-9-18)12-21(28)25(32-24)31-23-13-22(33-34-23)17-2-3-17/h4-7,12-13,15,17-18H,2-3,8-11,14H2,1H3,(H,29,35)(H3,30,31,32,33,34). The van der Waals surface area contributed by atoms with E-state index >= 15 is 4.39 Å². The van der Waals surface area contributed by atoms with E-state index in [4.69, 9.17) is 0 Å². The molecule has 1 aromatic carbocycles. The molecule has 36 heavy (non-hydrogen) atoms. The lowest BCUT2D eigenvalue weighted by Crippen LogP contribution is -2.32. The Hall–Kier alpha value is -3.14. The van der Waals surface area contributed by atoms with Crippen LogP contribution in [0, 0.1) is 17.6 Å². The molecule has 1 atom stereocenters. The van der Waals surface area contributed by atoms with Gasteiger partial charge in [0.05, 0.1) is 0 Å². The first-order chi connectivity index (χ1) is 17.5. The van der Waals surface area contributed by atoms with Gasteiger partial charge in [0.25, 0.3) is 0 Å². The molecule has 1 unspecified atom stereocenters. The Balaban J connectivity index is 1.36. The molecule has 2 aliphatic rings. The smallest absolute Gasteiger partial charge is 0.223 e. The largest absolute Gasteiger partial charge is 0.363 e. The summed E-state index contributed by atoms with van der Waals surface area (Å²) < 4.78 is 28.5. The highest BCUT2D eigenvalue weighted by Gasteiger charge is 2.26. The highest BCUT2D eigenvalue weighted by atomic mass is 32.2. The molecule has 3 aromatic rings. The number of hydrogen-bond donors (Lipinski definition) is 4. The number of aromatic nitrogens is 3. The first-order valence-corrected chi connectivity index (χ1v) is 13.5. The van der Waals surface area contributed by atoms with Crippen molar-refractivity contribution in [2.24, 2.45) is 5.92 Å². The molecule has 2 fully saturated rings. The molecule has 0 bridgehead atoms. The Kier molecular flexibility index (Phi) is 7.41. The number of nitrogens with one attached hydrogen (secondary N) is 4. The second-order valence-corrected chi connectivity index (χ2v) is 10.7. The van der Waals surface area contributed by atoms with Crippen LogP contribution in [0.2, 0.25) is 0 Å². The van der Waals surface area contributed by atoms with Gasteiger partial charge in [-0.2, -0.15) is 16.9 Å². The van der Waals surface area contributed by atoms with Crippen molar-refractivity contribution in [2.45, 2.75) is 51.1 Å². The number of anilines is 3. The van der Waals surface area contributed by atoms with Crippen LogP contribution in [-0.4, -0.2) is 32.6 Å². The molecule has 2 aromatic heterocycles. The number of benzene rings is 1. The Labute approximate surface area is 213 Å². The van der Waals surface area contributed by atoms with Gasteiger partial charge in [-0.05, 0) is 67.9 Å². The Bertz CT molecular complexity index is 1210. The van der Waals surface area contributed by atoms with Crippen LogP contribution in [0.25, 0.3) is 0 Å². The number of aromatic amines is 1. The van der Waals surface area contributed by atoms with Gasteiger partial charge < -0.3 is 16.0 Å². The van der Waals surface area contributed by atoms with Gasteiger partial charge in [-0.15, -0.1) is 0 Å². The van der Waals surface area contributed by atoms with Gasteiger partial charge in [-0.1, -0.05) is 12.1 Å². The number of amides is 1. The summed E-state index contributed by atoms with van der Waals surface area (Å²) in [5.41, 5.74) is 2.42. The van der Waals surface area contributed by atoms with Crippen LogP contribution in [0.5, 0.6) is 0 Å². The van der Waals surface area contributed by atoms with Crippen molar-refractivity contribution in [1.29, 1.82) is 0 Å². The van der Waals surface area contributed by atoms with Gasteiger partial charge in [0.15, 0.2) is 17.5 Å². The van der Waals surface area contributed by atoms with Gasteiger partial charge in [0.1, 0.15) is 11.6 Å². The van der Waals surface area contributed by atoms with E-state index in [0.29, 0.717) is 23.1 Å². The molecule has 5 rings (SSSR count). The maximum absolute atomic E-state index is 15.1. The summed E-state index contributed by atoms with van der Waals surface area (Å²) in [7, 11) is 0. The van der Waals surface area contributed by atoms with Crippen LogP contribution >= 0.6 is 11.8 Å². The third kappa shape index (κ3) is 5.98. The monoisotopic (exact) mass is 512 g/mol. The number of carbonyl (C=O) groups excluding carboxylic acids is 1. The molecule has 1 amide bonds. The second kappa shape index (κ2) is 10.9. The van der Waals surface area contributed by atoms with E-state index in [1.54, 1.807) is 12.1 Å². The van der Waals surface area contributed by atoms with Crippen molar-refractivity contribution in [3.8, 4) is 0 Å². The van der Waals surface area contributed by atoms with Crippen LogP contribution in [0.3, 0.4) is 0 Å². The molecule has 0 radical (unpaired) electrons. The van der Waals surface area contributed by atoms with Gasteiger partial charge in [0.2, 0.25) is 5.91 Å². The van der Waals surface area contributed by atoms with Gasteiger partial charge >= 0.3 is 0 Å². The number of thioether (sulfide) groups is 1. The van der Waals surface area contributed by atoms with Crippen LogP contribution in [0.15, 0.2) is 36.4 Å². The van der Waals surface area contributed by atoms with Crippen LogP contribution < -0.4 is 16.0 Å². The number of hydrogen-bond acceptors (Lipinski definition) is 6. The fraction of sp³-hybridized carbons (Fsp3) is 0.423. The Morgan fingerprint density at radius 3 is 2.58 bits per heavy atom. The topological polar surface area (TPSA) is 94.7 Å². The first-order valence-electron chi connectivity index (χ1n) is 12.4. The third-order valence-electron chi connectivity index (χ3n) is 6.68. The van der Waals surface area contributed by atoms with Crippen LogP contribution in [0.1, 0.15) is 61.4 Å². The van der Waals surface area contributed by atoms with Crippen molar-refractivity contribution in [3.63, 3.8) is 0 Å². The van der Waals surface area contributed by atoms with E-state index < -0.39 is 5.82 Å². The maximum Gasteiger partial charge on any atom is 0.223 e. The zero-order chi connectivity index (χ0) is 25.1. The summed E-state index contributed by atoms with van der Waals surface area (Å²) in [6, 6.07) is 9.23. The Morgan fingerprint density at radius 2 is 1.86 bits per heavy atom. The highest BCUT2D eigenvalue weighted by molar-refractivity contribution is 7.99. The second-order valence-electron chi connectivity index (χ2n) is 9.46. The molecule has 1 saturated carbocycles. The van der Waals surface area contributed by atoms with Crippen molar-refractivity contribution >= 4 is 35.1 Å². The van der Waals surface area contributed by atoms with Gasteiger partial charge in [-0.25, -0.2) is 13.8 Å². The van der Waals surface area contributed by atoms with E-state index in [1.807, 2.05) is 24.8 Å². The summed E-state index contributed by atoms with van der Waals surface area (Å²) in [5.74, 6) is 2.55. The molecule has 0 spiro atoms. The molecular weight excluding hydrogens is 482 g/mol. The van der Waals surface area contributed by atoms with Gasteiger partial charge in [0, 0.05) is 41.7 Å². The van der Waals surface area contributed by atoms with Crippen molar-refractivity contribution in [1.82, 2.24) is 20.5 Å². The normalized spacial score (nSPS) is 17.0. The predicted octanol–water partition coefficient (Wildman–Crippen LogP) is 5.64. The minimum atomic E-state index is -0.538. The minimum Gasteiger partial charge on any atom is -0.363 e. The number of nitrogens with zero attached hydrogens (tertiary/aromatic N) is 2. The fourth-order valence-electron chi connectivity index (χ4n) is 4.33. The van der Waals surface area contributed by atoms with Crippen molar-refractivity contribution in [3.05, 3.63) is 64.9 Å². The SMILES string of the molecule is CC(Nc1nc(Nc2cc(C3CC3)[nH]n2)c(F)cc1CNC(=O)C1CCSCC1)c1ccc(F)cc1. The average molecular weight is 513 g/mol. The molecule has 7 nitrogen and oxygen atoms in total. The molecular formula is C26H30F2N6OS. The third-order valence-corrected chi connectivity index (χ3v) is 7.73. The number of rotatable bonds is 9. The van der Waals surface area contributed by atoms with E-state index in [-0.39, 0.29) is 36.0 Å². The molecule has 1 saturated heterocycles. The lowest BCUT2D eigenvalue weighted by Gasteiger charge is -2.22. The fourth-order valence-corrected chi connectivity index (χ4v) is 5.43. The molecule has 4 N–H and O–H groups in total. The lowest BCUT2D eigenvalue weighted by molar-refractivity contribution is -0.125. The molecule has 10 heteroatoms. The zero-order valence-electron chi connectivity index (χ0n) is 20.1. The molecule has 190 valence electrons. The summed E-state index contributed by atoms with van der Waals surface area (Å²) in [6.45, 7) is 2.07. The lowest BCUT2D eigenvalue weighted by atomic mass is 10.0. The number of H-pyrrole nitrogens is 1. The predicted molar refractivity (Wildman–Crippen MR) is 138 cm³/mol. The highest BCUT2D eigenvalue weighted by Crippen LogP contribution is 2.39. The van der Waals surface area contributed by atoms with E-state index in [2.05, 4.69) is 31.1 Å². The van der Waals surface area contributed by atoms with E-state index in [0.717, 1.165) is 48.4 Å². The molecule has 1 aliphatic heterocycles. The van der Waals surface area contributed by atoms with E-state index in [1.165, 1.54) is 18.2 Å². The summed E-state index contributed by atoms with van der Waals surface area (Å²) >= 11 is 1.86. The first kappa shape index (κ1) is 24.5. The van der Waals surface area contributed by atoms with E-state index in [9.17, 15) is 9.18 Å². The van der Waals surface area contributed by atoms with Crippen LogP contribution in [0.4, 0.5) is 26.2 Å². The number of halogens is 2. The van der Waals surface area contributed by atoms with Crippen LogP contribution in [-0.2, 0) is 11.3 Å². The van der Waals surface area contributed by atoms with Crippen molar-refractivity contribution in [2.75, 3.05) is 22.1 Å². The maximum atomic E-state index is 15.1. The molecule has 1 aliphatic carbocycles. The van der Waals surface area contributed by atoms with Crippen molar-refractivity contribution < 1.29 is 13.6 Å². The van der Waals surface area contributed by atoms with Gasteiger partial charge in [-0.3, -0.25) is 9.89 Å². The summed E-state index contributed by atoms with van der Waals surface area (Å²) in [4.78, 5) is 17.2. The number of carbonyl (C=O) groups is 1.